The van der Waals surface area contributed by atoms with Crippen LogP contribution in [-0.4, -0.2) is 18.0 Å². The van der Waals surface area contributed by atoms with Crippen molar-refractivity contribution in [2.45, 2.75) is 52.8 Å². The molecule has 0 fully saturated rings. The van der Waals surface area contributed by atoms with Crippen molar-refractivity contribution in [1.82, 2.24) is 9.97 Å². The summed E-state index contributed by atoms with van der Waals surface area (Å²) in [5.74, 6) is 0. The van der Waals surface area contributed by atoms with Crippen LogP contribution in [0.25, 0.3) is 32.9 Å². The number of rotatable bonds is 1. The molecule has 0 saturated heterocycles. The standard InChI is InChI=1S/C26H28N2Si/c1-15-10-16(2)18-13-20-19(12-17(18)11-15)25-24-21(26(20,3)4)14-23(29(5,6)7)28-22(24)8-9-27-25/h8-14H,1-7H3. The first kappa shape index (κ1) is 18.5. The highest BCUT2D eigenvalue weighted by atomic mass is 28.3. The van der Waals surface area contributed by atoms with E-state index in [9.17, 15) is 0 Å². The molecule has 0 bridgehead atoms. The summed E-state index contributed by atoms with van der Waals surface area (Å²) in [6, 6.07) is 13.8. The van der Waals surface area contributed by atoms with Crippen molar-refractivity contribution < 1.29 is 0 Å². The van der Waals surface area contributed by atoms with Crippen molar-refractivity contribution in [2.75, 3.05) is 0 Å². The lowest BCUT2D eigenvalue weighted by atomic mass is 9.69. The number of hydrogen-bond donors (Lipinski definition) is 0. The second kappa shape index (κ2) is 5.76. The molecule has 0 spiro atoms. The van der Waals surface area contributed by atoms with Gasteiger partial charge in [-0.1, -0.05) is 51.2 Å². The minimum absolute atomic E-state index is 0.0908. The maximum atomic E-state index is 5.10. The highest BCUT2D eigenvalue weighted by molar-refractivity contribution is 6.88. The number of aryl methyl sites for hydroxylation is 2. The number of aromatic nitrogens is 2. The maximum Gasteiger partial charge on any atom is 0.101 e. The number of pyridine rings is 2. The van der Waals surface area contributed by atoms with Crippen molar-refractivity contribution >= 4 is 35.1 Å². The van der Waals surface area contributed by atoms with Gasteiger partial charge in [-0.2, -0.15) is 0 Å². The summed E-state index contributed by atoms with van der Waals surface area (Å²) in [6.45, 7) is 16.2. The Morgan fingerprint density at radius 2 is 1.66 bits per heavy atom. The van der Waals surface area contributed by atoms with E-state index in [0.29, 0.717) is 0 Å². The first-order valence-corrected chi connectivity index (χ1v) is 13.9. The summed E-state index contributed by atoms with van der Waals surface area (Å²) in [7, 11) is -1.54. The third-order valence-electron chi connectivity index (χ3n) is 6.53. The summed E-state index contributed by atoms with van der Waals surface area (Å²) < 4.78 is 0. The maximum absolute atomic E-state index is 5.10. The van der Waals surface area contributed by atoms with Crippen LogP contribution in [0.4, 0.5) is 0 Å². The summed E-state index contributed by atoms with van der Waals surface area (Å²) in [5.41, 5.74) is 8.73. The van der Waals surface area contributed by atoms with Gasteiger partial charge in [0.25, 0.3) is 0 Å². The van der Waals surface area contributed by atoms with Crippen LogP contribution in [0.1, 0.15) is 36.1 Å². The fourth-order valence-corrected chi connectivity index (χ4v) is 5.94. The molecule has 0 radical (unpaired) electrons. The van der Waals surface area contributed by atoms with Gasteiger partial charge in [-0.05, 0) is 65.6 Å². The van der Waals surface area contributed by atoms with E-state index >= 15 is 0 Å². The zero-order chi connectivity index (χ0) is 20.7. The Bertz CT molecular complexity index is 1330. The minimum Gasteiger partial charge on any atom is -0.257 e. The first-order chi connectivity index (χ1) is 13.6. The molecule has 0 aliphatic heterocycles. The third-order valence-corrected chi connectivity index (χ3v) is 8.33. The number of benzene rings is 2. The molecule has 2 aromatic heterocycles. The van der Waals surface area contributed by atoms with Crippen LogP contribution in [0.2, 0.25) is 19.6 Å². The monoisotopic (exact) mass is 396 g/mol. The summed E-state index contributed by atoms with van der Waals surface area (Å²) in [5, 5.41) is 5.15. The highest BCUT2D eigenvalue weighted by Crippen LogP contribution is 2.48. The van der Waals surface area contributed by atoms with Crippen LogP contribution in [0.15, 0.2) is 42.6 Å². The van der Waals surface area contributed by atoms with Gasteiger partial charge in [0.2, 0.25) is 0 Å². The first-order valence-electron chi connectivity index (χ1n) is 10.4. The molecule has 3 heteroatoms. The van der Waals surface area contributed by atoms with Gasteiger partial charge in [-0.3, -0.25) is 9.97 Å². The molecule has 1 aliphatic rings. The smallest absolute Gasteiger partial charge is 0.101 e. The van der Waals surface area contributed by atoms with Crippen molar-refractivity contribution in [1.29, 1.82) is 0 Å². The quantitative estimate of drug-likeness (QED) is 0.355. The average molecular weight is 397 g/mol. The van der Waals surface area contributed by atoms with E-state index in [1.165, 1.54) is 49.3 Å². The molecule has 0 saturated carbocycles. The topological polar surface area (TPSA) is 25.8 Å². The van der Waals surface area contributed by atoms with E-state index in [4.69, 9.17) is 9.97 Å². The summed E-state index contributed by atoms with van der Waals surface area (Å²) in [4.78, 5) is 9.96. The van der Waals surface area contributed by atoms with Gasteiger partial charge in [-0.25, -0.2) is 0 Å². The molecule has 5 rings (SSSR count). The van der Waals surface area contributed by atoms with Gasteiger partial charge in [-0.15, -0.1) is 0 Å². The lowest BCUT2D eigenvalue weighted by Gasteiger charge is -2.36. The lowest BCUT2D eigenvalue weighted by molar-refractivity contribution is 0.645. The van der Waals surface area contributed by atoms with Crippen molar-refractivity contribution in [3.8, 4) is 11.3 Å². The van der Waals surface area contributed by atoms with Gasteiger partial charge >= 0.3 is 0 Å². The van der Waals surface area contributed by atoms with E-state index in [0.717, 1.165) is 11.2 Å². The molecule has 1 aliphatic carbocycles. The number of hydrogen-bond acceptors (Lipinski definition) is 2. The zero-order valence-electron chi connectivity index (χ0n) is 18.4. The zero-order valence-corrected chi connectivity index (χ0v) is 19.4. The van der Waals surface area contributed by atoms with E-state index < -0.39 is 8.07 Å². The van der Waals surface area contributed by atoms with Crippen LogP contribution >= 0.6 is 0 Å². The van der Waals surface area contributed by atoms with Crippen LogP contribution in [0.5, 0.6) is 0 Å². The van der Waals surface area contributed by atoms with Gasteiger partial charge in [0, 0.05) is 27.9 Å². The molecule has 146 valence electrons. The molecule has 29 heavy (non-hydrogen) atoms. The lowest BCUT2D eigenvalue weighted by Crippen LogP contribution is -2.41. The normalized spacial score (nSPS) is 15.0. The minimum atomic E-state index is -1.54. The fraction of sp³-hybridized carbons (Fsp3) is 0.308. The average Bonchev–Trinajstić information content (AvgIpc) is 2.64. The predicted molar refractivity (Wildman–Crippen MR) is 127 cm³/mol. The molecule has 2 aromatic carbocycles. The molecule has 2 nitrogen and oxygen atoms in total. The van der Waals surface area contributed by atoms with E-state index in [1.54, 1.807) is 0 Å². The predicted octanol–water partition coefficient (Wildman–Crippen LogP) is 6.25. The Hall–Kier alpha value is -2.52. The SMILES string of the molecule is Cc1cc(C)c2cc3c(cc2c1)-c1nccc2nc([Si](C)(C)C)cc(c12)C3(C)C. The van der Waals surface area contributed by atoms with E-state index in [2.05, 4.69) is 83.7 Å². The molecule has 0 N–H and O–H groups in total. The van der Waals surface area contributed by atoms with Crippen molar-refractivity contribution in [3.05, 3.63) is 64.8 Å². The Labute approximate surface area is 174 Å². The Kier molecular flexibility index (Phi) is 3.67. The third kappa shape index (κ3) is 2.60. The Morgan fingerprint density at radius 1 is 0.897 bits per heavy atom. The van der Waals surface area contributed by atoms with Gasteiger partial charge in [0.1, 0.15) is 8.07 Å². The second-order valence-corrected chi connectivity index (χ2v) is 15.2. The summed E-state index contributed by atoms with van der Waals surface area (Å²) in [6.07, 6.45) is 1.93. The van der Waals surface area contributed by atoms with Crippen LogP contribution < -0.4 is 5.32 Å². The van der Waals surface area contributed by atoms with Crippen LogP contribution in [0.3, 0.4) is 0 Å². The van der Waals surface area contributed by atoms with Gasteiger partial charge < -0.3 is 0 Å². The molecule has 4 aromatic rings. The molecule has 0 atom stereocenters. The summed E-state index contributed by atoms with van der Waals surface area (Å²) >= 11 is 0. The van der Waals surface area contributed by atoms with Crippen LogP contribution in [-0.2, 0) is 5.41 Å². The molecule has 2 heterocycles. The van der Waals surface area contributed by atoms with Gasteiger partial charge in [0.15, 0.2) is 0 Å². The molecular weight excluding hydrogens is 368 g/mol. The fourth-order valence-electron chi connectivity index (χ4n) is 4.90. The Morgan fingerprint density at radius 3 is 2.38 bits per heavy atom. The van der Waals surface area contributed by atoms with E-state index in [1.807, 2.05) is 6.20 Å². The van der Waals surface area contributed by atoms with Crippen molar-refractivity contribution in [2.24, 2.45) is 0 Å². The molecular formula is C26H28N2Si. The second-order valence-electron chi connectivity index (χ2n) is 10.2. The highest BCUT2D eigenvalue weighted by Gasteiger charge is 2.36. The Balaban J connectivity index is 1.95. The van der Waals surface area contributed by atoms with Crippen molar-refractivity contribution in [3.63, 3.8) is 0 Å². The van der Waals surface area contributed by atoms with E-state index in [-0.39, 0.29) is 5.41 Å². The largest absolute Gasteiger partial charge is 0.257 e. The molecule has 0 amide bonds. The van der Waals surface area contributed by atoms with Gasteiger partial charge in [0.05, 0.1) is 11.2 Å². The number of nitrogens with zero attached hydrogens (tertiary/aromatic N) is 2. The molecule has 0 unspecified atom stereocenters. The number of fused-ring (bicyclic) bond motifs is 3. The van der Waals surface area contributed by atoms with Crippen LogP contribution in [0, 0.1) is 13.8 Å².